The summed E-state index contributed by atoms with van der Waals surface area (Å²) in [5, 5.41) is 4.41. The first kappa shape index (κ1) is 16.0. The summed E-state index contributed by atoms with van der Waals surface area (Å²) in [5.74, 6) is -0.513. The number of anilines is 1. The molecular formula is C20H18FN5O. The van der Waals surface area contributed by atoms with E-state index in [0.29, 0.717) is 6.54 Å². The third kappa shape index (κ3) is 2.08. The van der Waals surface area contributed by atoms with Gasteiger partial charge in [0.15, 0.2) is 0 Å². The number of nitrogens with zero attached hydrogens (tertiary/aromatic N) is 4. The van der Waals surface area contributed by atoms with Gasteiger partial charge in [0, 0.05) is 30.9 Å². The normalized spacial score (nSPS) is 15.3. The van der Waals surface area contributed by atoms with Gasteiger partial charge in [0.25, 0.3) is 0 Å². The third-order valence-corrected chi connectivity index (χ3v) is 5.39. The van der Waals surface area contributed by atoms with E-state index in [1.807, 2.05) is 30.5 Å². The molecule has 1 aliphatic rings. The first-order chi connectivity index (χ1) is 12.9. The molecule has 5 rings (SSSR count). The Morgan fingerprint density at radius 3 is 2.70 bits per heavy atom. The molecule has 27 heavy (non-hydrogen) atoms. The molecule has 0 amide bonds. The molecule has 0 atom stereocenters. The second kappa shape index (κ2) is 5.16. The van der Waals surface area contributed by atoms with Crippen molar-refractivity contribution in [3.63, 3.8) is 0 Å². The van der Waals surface area contributed by atoms with Gasteiger partial charge in [-0.3, -0.25) is 14.1 Å². The van der Waals surface area contributed by atoms with Crippen molar-refractivity contribution in [2.24, 2.45) is 7.05 Å². The monoisotopic (exact) mass is 363 g/mol. The van der Waals surface area contributed by atoms with E-state index >= 15 is 0 Å². The Bertz CT molecular complexity index is 1280. The highest BCUT2D eigenvalue weighted by atomic mass is 19.1. The van der Waals surface area contributed by atoms with Crippen molar-refractivity contribution < 1.29 is 4.39 Å². The zero-order valence-electron chi connectivity index (χ0n) is 15.2. The van der Waals surface area contributed by atoms with Gasteiger partial charge in [0.05, 0.1) is 39.4 Å². The lowest BCUT2D eigenvalue weighted by molar-refractivity contribution is 0.376. The van der Waals surface area contributed by atoms with E-state index in [9.17, 15) is 9.18 Å². The van der Waals surface area contributed by atoms with Gasteiger partial charge < -0.3 is 5.32 Å². The highest BCUT2D eigenvalue weighted by Gasteiger charge is 2.31. The lowest BCUT2D eigenvalue weighted by Crippen LogP contribution is -2.40. The van der Waals surface area contributed by atoms with Crippen LogP contribution in [0.2, 0.25) is 0 Å². The zero-order chi connectivity index (χ0) is 18.9. The number of imidazole rings is 1. The number of hydrogen-bond donors (Lipinski definition) is 1. The molecule has 3 aromatic heterocycles. The second-order valence-electron chi connectivity index (χ2n) is 7.59. The molecule has 0 fully saturated rings. The Morgan fingerprint density at radius 2 is 1.96 bits per heavy atom. The average Bonchev–Trinajstić information content (AvgIpc) is 2.84. The number of benzene rings is 1. The third-order valence-electron chi connectivity index (χ3n) is 5.39. The molecule has 0 aliphatic carbocycles. The average molecular weight is 363 g/mol. The van der Waals surface area contributed by atoms with E-state index < -0.39 is 11.5 Å². The summed E-state index contributed by atoms with van der Waals surface area (Å²) in [6.07, 6.45) is 3.27. The molecule has 0 radical (unpaired) electrons. The van der Waals surface area contributed by atoms with Crippen LogP contribution >= 0.6 is 0 Å². The summed E-state index contributed by atoms with van der Waals surface area (Å²) >= 11 is 0. The van der Waals surface area contributed by atoms with E-state index in [1.54, 1.807) is 23.9 Å². The summed E-state index contributed by atoms with van der Waals surface area (Å²) in [4.78, 5) is 21.3. The van der Waals surface area contributed by atoms with Crippen molar-refractivity contribution >= 4 is 27.6 Å². The fraction of sp³-hybridized carbons (Fsp3) is 0.250. The molecular weight excluding hydrogens is 345 g/mol. The fourth-order valence-electron chi connectivity index (χ4n) is 3.98. The number of hydrogen-bond acceptors (Lipinski definition) is 4. The van der Waals surface area contributed by atoms with Crippen LogP contribution < -0.4 is 11.0 Å². The molecule has 136 valence electrons. The van der Waals surface area contributed by atoms with Crippen molar-refractivity contribution in [1.29, 1.82) is 0 Å². The predicted molar refractivity (Wildman–Crippen MR) is 103 cm³/mol. The number of pyridine rings is 2. The van der Waals surface area contributed by atoms with Gasteiger partial charge in [-0.15, -0.1) is 0 Å². The number of rotatable bonds is 1. The second-order valence-corrected chi connectivity index (χ2v) is 7.59. The molecule has 0 saturated carbocycles. The summed E-state index contributed by atoms with van der Waals surface area (Å²) < 4.78 is 16.8. The van der Waals surface area contributed by atoms with Gasteiger partial charge in [-0.2, -0.15) is 4.39 Å². The fourth-order valence-corrected chi connectivity index (χ4v) is 3.98. The SMILES string of the molecule is Cn1c(=O)n2c3c4c(c(-c5ccc(F)nc5)ccc4ncc31)NCC2(C)C. The maximum atomic E-state index is 13.3. The van der Waals surface area contributed by atoms with E-state index in [-0.39, 0.29) is 5.69 Å². The zero-order valence-corrected chi connectivity index (χ0v) is 15.2. The molecule has 1 N–H and O–H groups in total. The molecule has 0 saturated heterocycles. The van der Waals surface area contributed by atoms with Crippen LogP contribution in [0.3, 0.4) is 0 Å². The molecule has 4 heterocycles. The van der Waals surface area contributed by atoms with E-state index in [1.165, 1.54) is 12.3 Å². The Hall–Kier alpha value is -3.22. The van der Waals surface area contributed by atoms with E-state index in [2.05, 4.69) is 15.3 Å². The number of halogens is 1. The Balaban J connectivity index is 1.98. The molecule has 7 heteroatoms. The summed E-state index contributed by atoms with van der Waals surface area (Å²) in [6.45, 7) is 4.65. The minimum atomic E-state index is -0.513. The quantitative estimate of drug-likeness (QED) is 0.527. The van der Waals surface area contributed by atoms with E-state index in [4.69, 9.17) is 0 Å². The predicted octanol–water partition coefficient (Wildman–Crippen LogP) is 3.25. The molecule has 4 aromatic rings. The van der Waals surface area contributed by atoms with Crippen LogP contribution in [0, 0.1) is 5.95 Å². The molecule has 0 bridgehead atoms. The Kier molecular flexibility index (Phi) is 3.05. The molecule has 6 nitrogen and oxygen atoms in total. The van der Waals surface area contributed by atoms with Crippen LogP contribution in [0.4, 0.5) is 10.1 Å². The number of nitrogens with one attached hydrogen (secondary N) is 1. The first-order valence-electron chi connectivity index (χ1n) is 8.78. The van der Waals surface area contributed by atoms with Crippen LogP contribution in [0.1, 0.15) is 13.8 Å². The standard InChI is InChI=1S/C20H18FN5O/c1-20(2)10-24-17-12(11-4-7-15(21)23-8-11)5-6-13-16(17)18-14(9-22-13)25(3)19(27)26(18)20/h4-9,24H,10H2,1-3H3. The smallest absolute Gasteiger partial charge is 0.329 e. The lowest BCUT2D eigenvalue weighted by atomic mass is 10.0. The first-order valence-corrected chi connectivity index (χ1v) is 8.78. The minimum Gasteiger partial charge on any atom is -0.382 e. The van der Waals surface area contributed by atoms with Gasteiger partial charge in [0.1, 0.15) is 0 Å². The van der Waals surface area contributed by atoms with Crippen molar-refractivity contribution in [2.45, 2.75) is 19.4 Å². The van der Waals surface area contributed by atoms with Gasteiger partial charge in [-0.05, 0) is 32.0 Å². The van der Waals surface area contributed by atoms with Crippen LogP contribution in [0.5, 0.6) is 0 Å². The van der Waals surface area contributed by atoms with Crippen LogP contribution in [0.25, 0.3) is 33.1 Å². The van der Waals surface area contributed by atoms with Gasteiger partial charge in [-0.25, -0.2) is 9.78 Å². The molecule has 0 unspecified atom stereocenters. The van der Waals surface area contributed by atoms with Crippen LogP contribution in [0.15, 0.2) is 41.5 Å². The highest BCUT2D eigenvalue weighted by molar-refractivity contribution is 6.13. The van der Waals surface area contributed by atoms with Crippen molar-refractivity contribution in [2.75, 3.05) is 11.9 Å². The molecule has 0 spiro atoms. The summed E-state index contributed by atoms with van der Waals surface area (Å²) in [7, 11) is 1.77. The molecule has 1 aromatic carbocycles. The maximum absolute atomic E-state index is 13.3. The number of aromatic nitrogens is 4. The largest absolute Gasteiger partial charge is 0.382 e. The number of aryl methyl sites for hydroxylation is 1. The van der Waals surface area contributed by atoms with Crippen molar-refractivity contribution in [1.82, 2.24) is 19.1 Å². The van der Waals surface area contributed by atoms with Gasteiger partial charge in [-0.1, -0.05) is 6.07 Å². The topological polar surface area (TPSA) is 64.7 Å². The van der Waals surface area contributed by atoms with Crippen LogP contribution in [-0.4, -0.2) is 25.6 Å². The van der Waals surface area contributed by atoms with E-state index in [0.717, 1.165) is 38.8 Å². The van der Waals surface area contributed by atoms with Gasteiger partial charge >= 0.3 is 5.69 Å². The lowest BCUT2D eigenvalue weighted by Gasteiger charge is -2.25. The minimum absolute atomic E-state index is 0.0622. The highest BCUT2D eigenvalue weighted by Crippen LogP contribution is 2.40. The molecule has 1 aliphatic heterocycles. The van der Waals surface area contributed by atoms with Crippen molar-refractivity contribution in [3.8, 4) is 11.1 Å². The summed E-state index contributed by atoms with van der Waals surface area (Å²) in [5.41, 5.74) is 4.58. The maximum Gasteiger partial charge on any atom is 0.329 e. The Morgan fingerprint density at radius 1 is 1.15 bits per heavy atom. The Labute approximate surface area is 154 Å². The van der Waals surface area contributed by atoms with Crippen molar-refractivity contribution in [3.05, 3.63) is 53.1 Å². The summed E-state index contributed by atoms with van der Waals surface area (Å²) in [6, 6.07) is 6.95. The van der Waals surface area contributed by atoms with Crippen LogP contribution in [-0.2, 0) is 12.6 Å². The van der Waals surface area contributed by atoms with Gasteiger partial charge in [0.2, 0.25) is 5.95 Å².